The number of hydrogen-bond acceptors (Lipinski definition) is 4. The molecule has 6 heteroatoms. The highest BCUT2D eigenvalue weighted by atomic mass is 16.1. The monoisotopic (exact) mass is 323 g/mol. The van der Waals surface area contributed by atoms with Crippen LogP contribution in [-0.4, -0.2) is 25.7 Å². The second-order valence-corrected chi connectivity index (χ2v) is 6.07. The first-order chi connectivity index (χ1) is 11.5. The van der Waals surface area contributed by atoms with Crippen molar-refractivity contribution in [1.82, 2.24) is 19.7 Å². The molecule has 0 spiro atoms. The van der Waals surface area contributed by atoms with E-state index >= 15 is 0 Å². The number of nitrogens with zero attached hydrogens (tertiary/aromatic N) is 4. The number of rotatable bonds is 4. The third-order valence-electron chi connectivity index (χ3n) is 4.10. The van der Waals surface area contributed by atoms with Crippen LogP contribution in [-0.2, 0) is 0 Å². The fraction of sp³-hybridized carbons (Fsp3) is 0.333. The summed E-state index contributed by atoms with van der Waals surface area (Å²) in [4.78, 5) is 21.5. The predicted molar refractivity (Wildman–Crippen MR) is 94.2 cm³/mol. The van der Waals surface area contributed by atoms with Crippen LogP contribution in [0.25, 0.3) is 11.0 Å². The van der Waals surface area contributed by atoms with E-state index in [0.717, 1.165) is 28.7 Å². The SMILES string of the molecule is CC[C@@H](C)n1ncc2c(C(=O)Nc3cc(C)ccn3)cc(C)nc21. The van der Waals surface area contributed by atoms with Gasteiger partial charge in [-0.25, -0.2) is 14.6 Å². The minimum atomic E-state index is -0.202. The highest BCUT2D eigenvalue weighted by molar-refractivity contribution is 6.11. The number of carbonyl (C=O) groups excluding carboxylic acids is 1. The van der Waals surface area contributed by atoms with E-state index in [1.807, 2.05) is 30.7 Å². The summed E-state index contributed by atoms with van der Waals surface area (Å²) < 4.78 is 1.88. The van der Waals surface area contributed by atoms with Crippen LogP contribution in [0.2, 0.25) is 0 Å². The quantitative estimate of drug-likeness (QED) is 0.795. The Balaban J connectivity index is 2.02. The van der Waals surface area contributed by atoms with Crippen molar-refractivity contribution in [2.24, 2.45) is 0 Å². The maximum absolute atomic E-state index is 12.7. The van der Waals surface area contributed by atoms with Gasteiger partial charge in [0.2, 0.25) is 0 Å². The number of nitrogens with one attached hydrogen (secondary N) is 1. The lowest BCUT2D eigenvalue weighted by Crippen LogP contribution is -2.14. The molecule has 124 valence electrons. The second kappa shape index (κ2) is 6.39. The van der Waals surface area contributed by atoms with E-state index in [4.69, 9.17) is 0 Å². The Kier molecular flexibility index (Phi) is 4.29. The van der Waals surface area contributed by atoms with Crippen molar-refractivity contribution in [3.63, 3.8) is 0 Å². The van der Waals surface area contributed by atoms with Crippen LogP contribution in [0.1, 0.15) is 47.9 Å². The molecule has 6 nitrogen and oxygen atoms in total. The summed E-state index contributed by atoms with van der Waals surface area (Å²) in [5.74, 6) is 0.337. The van der Waals surface area contributed by atoms with Gasteiger partial charge in [0.05, 0.1) is 23.2 Å². The Morgan fingerprint density at radius 2 is 2.12 bits per heavy atom. The lowest BCUT2D eigenvalue weighted by molar-refractivity contribution is 0.102. The fourth-order valence-corrected chi connectivity index (χ4v) is 2.61. The van der Waals surface area contributed by atoms with Crippen LogP contribution in [0, 0.1) is 13.8 Å². The molecule has 0 radical (unpaired) electrons. The molecule has 3 heterocycles. The zero-order chi connectivity index (χ0) is 17.3. The summed E-state index contributed by atoms with van der Waals surface area (Å²) in [6.45, 7) is 8.04. The highest BCUT2D eigenvalue weighted by Gasteiger charge is 2.18. The van der Waals surface area contributed by atoms with Gasteiger partial charge in [0.15, 0.2) is 5.65 Å². The molecule has 0 bridgehead atoms. The molecular weight excluding hydrogens is 302 g/mol. The second-order valence-electron chi connectivity index (χ2n) is 6.07. The van der Waals surface area contributed by atoms with Crippen LogP contribution in [0.5, 0.6) is 0 Å². The molecule has 0 unspecified atom stereocenters. The van der Waals surface area contributed by atoms with E-state index in [1.165, 1.54) is 0 Å². The average molecular weight is 323 g/mol. The van der Waals surface area contributed by atoms with Crippen molar-refractivity contribution in [2.75, 3.05) is 5.32 Å². The molecule has 0 saturated carbocycles. The minimum Gasteiger partial charge on any atom is -0.307 e. The summed E-state index contributed by atoms with van der Waals surface area (Å²) in [5.41, 5.74) is 3.14. The van der Waals surface area contributed by atoms with Gasteiger partial charge in [-0.3, -0.25) is 4.79 Å². The number of carbonyl (C=O) groups is 1. The average Bonchev–Trinajstić information content (AvgIpc) is 2.97. The van der Waals surface area contributed by atoms with Gasteiger partial charge in [-0.2, -0.15) is 5.10 Å². The number of aromatic nitrogens is 4. The van der Waals surface area contributed by atoms with Crippen LogP contribution in [0.15, 0.2) is 30.6 Å². The summed E-state index contributed by atoms with van der Waals surface area (Å²) in [7, 11) is 0. The maximum atomic E-state index is 12.7. The highest BCUT2D eigenvalue weighted by Crippen LogP contribution is 2.23. The molecule has 0 fully saturated rings. The molecule has 3 aromatic rings. The lowest BCUT2D eigenvalue weighted by atomic mass is 10.1. The van der Waals surface area contributed by atoms with E-state index in [-0.39, 0.29) is 11.9 Å². The van der Waals surface area contributed by atoms with Crippen LogP contribution >= 0.6 is 0 Å². The molecule has 0 aliphatic heterocycles. The van der Waals surface area contributed by atoms with Gasteiger partial charge >= 0.3 is 0 Å². The molecule has 3 aromatic heterocycles. The topological polar surface area (TPSA) is 72.7 Å². The van der Waals surface area contributed by atoms with Crippen LogP contribution < -0.4 is 5.32 Å². The molecule has 3 rings (SSSR count). The van der Waals surface area contributed by atoms with Gasteiger partial charge in [-0.05, 0) is 51.0 Å². The minimum absolute atomic E-state index is 0.202. The normalized spacial score (nSPS) is 12.3. The summed E-state index contributed by atoms with van der Waals surface area (Å²) in [5, 5.41) is 8.04. The first-order valence-electron chi connectivity index (χ1n) is 8.08. The maximum Gasteiger partial charge on any atom is 0.257 e. The predicted octanol–water partition coefficient (Wildman–Crippen LogP) is 3.67. The zero-order valence-corrected chi connectivity index (χ0v) is 14.4. The van der Waals surface area contributed by atoms with E-state index in [2.05, 4.69) is 34.2 Å². The lowest BCUT2D eigenvalue weighted by Gasteiger charge is -2.11. The third-order valence-corrected chi connectivity index (χ3v) is 4.10. The molecule has 0 saturated heterocycles. The van der Waals surface area contributed by atoms with Gasteiger partial charge < -0.3 is 5.32 Å². The third kappa shape index (κ3) is 2.99. The molecule has 0 aromatic carbocycles. The number of hydrogen-bond donors (Lipinski definition) is 1. The van der Waals surface area contributed by atoms with Gasteiger partial charge in [0, 0.05) is 11.9 Å². The van der Waals surface area contributed by atoms with Crippen molar-refractivity contribution in [2.45, 2.75) is 40.2 Å². The molecular formula is C18H21N5O. The van der Waals surface area contributed by atoms with Crippen LogP contribution in [0.3, 0.4) is 0 Å². The number of fused-ring (bicyclic) bond motifs is 1. The van der Waals surface area contributed by atoms with Crippen molar-refractivity contribution in [3.8, 4) is 0 Å². The van der Waals surface area contributed by atoms with Crippen molar-refractivity contribution < 1.29 is 4.79 Å². The Bertz CT molecular complexity index is 900. The Hall–Kier alpha value is -2.76. The number of pyridine rings is 2. The summed E-state index contributed by atoms with van der Waals surface area (Å²) in [6.07, 6.45) is 4.34. The number of anilines is 1. The number of aryl methyl sites for hydroxylation is 2. The van der Waals surface area contributed by atoms with Gasteiger partial charge in [0.1, 0.15) is 5.82 Å². The molecule has 0 aliphatic carbocycles. The van der Waals surface area contributed by atoms with E-state index in [1.54, 1.807) is 18.5 Å². The van der Waals surface area contributed by atoms with Crippen molar-refractivity contribution >= 4 is 22.8 Å². The standard InChI is InChI=1S/C18H21N5O/c1-5-13(4)23-17-15(10-20-23)14(9-12(3)21-17)18(24)22-16-8-11(2)6-7-19-16/h6-10,13H,5H2,1-4H3,(H,19,22,24)/t13-/m1/s1. The first-order valence-corrected chi connectivity index (χ1v) is 8.08. The Morgan fingerprint density at radius 3 is 2.83 bits per heavy atom. The Labute approximate surface area is 140 Å². The molecule has 24 heavy (non-hydrogen) atoms. The van der Waals surface area contributed by atoms with Crippen molar-refractivity contribution in [1.29, 1.82) is 0 Å². The summed E-state index contributed by atoms with van der Waals surface area (Å²) in [6, 6.07) is 5.74. The zero-order valence-electron chi connectivity index (χ0n) is 14.4. The smallest absolute Gasteiger partial charge is 0.257 e. The Morgan fingerprint density at radius 1 is 1.33 bits per heavy atom. The van der Waals surface area contributed by atoms with E-state index in [9.17, 15) is 4.79 Å². The molecule has 1 amide bonds. The van der Waals surface area contributed by atoms with Crippen molar-refractivity contribution in [3.05, 3.63) is 47.4 Å². The van der Waals surface area contributed by atoms with Gasteiger partial charge in [0.25, 0.3) is 5.91 Å². The van der Waals surface area contributed by atoms with E-state index in [0.29, 0.717) is 11.4 Å². The molecule has 1 N–H and O–H groups in total. The molecule has 1 atom stereocenters. The van der Waals surface area contributed by atoms with Crippen LogP contribution in [0.4, 0.5) is 5.82 Å². The number of amides is 1. The van der Waals surface area contributed by atoms with E-state index < -0.39 is 0 Å². The molecule has 0 aliphatic rings. The fourth-order valence-electron chi connectivity index (χ4n) is 2.61. The summed E-state index contributed by atoms with van der Waals surface area (Å²) >= 11 is 0. The van der Waals surface area contributed by atoms with Gasteiger partial charge in [-0.1, -0.05) is 6.92 Å². The largest absolute Gasteiger partial charge is 0.307 e. The first kappa shape index (κ1) is 16.1. The van der Waals surface area contributed by atoms with Gasteiger partial charge in [-0.15, -0.1) is 0 Å².